The van der Waals surface area contributed by atoms with Gasteiger partial charge in [0, 0.05) is 43.5 Å². The van der Waals surface area contributed by atoms with Gasteiger partial charge in [-0.15, -0.1) is 0 Å². The van der Waals surface area contributed by atoms with Crippen LogP contribution in [0, 0.1) is 5.92 Å². The third-order valence-corrected chi connectivity index (χ3v) is 5.92. The van der Waals surface area contributed by atoms with E-state index >= 15 is 0 Å². The minimum absolute atomic E-state index is 0.0114. The number of anilines is 1. The summed E-state index contributed by atoms with van der Waals surface area (Å²) in [5.74, 6) is 1.41. The Bertz CT molecular complexity index is 920. The highest BCUT2D eigenvalue weighted by Crippen LogP contribution is 2.31. The van der Waals surface area contributed by atoms with Crippen molar-refractivity contribution in [3.8, 4) is 0 Å². The van der Waals surface area contributed by atoms with Crippen molar-refractivity contribution in [3.63, 3.8) is 0 Å². The van der Waals surface area contributed by atoms with Crippen LogP contribution in [0.2, 0.25) is 0 Å². The van der Waals surface area contributed by atoms with Crippen molar-refractivity contribution >= 4 is 28.5 Å². The number of nitrogens with one attached hydrogen (secondary N) is 1. The Kier molecular flexibility index (Phi) is 4.41. The minimum Gasteiger partial charge on any atom is -0.355 e. The second kappa shape index (κ2) is 7.08. The Morgan fingerprint density at radius 2 is 1.82 bits per heavy atom. The number of hydrogen-bond acceptors (Lipinski definition) is 4. The topological polar surface area (TPSA) is 65.5 Å². The normalized spacial score (nSPS) is 20.1. The number of aromatic nitrogens is 1. The molecular weight excluding hydrogens is 352 g/mol. The van der Waals surface area contributed by atoms with E-state index in [1.165, 1.54) is 0 Å². The second-order valence-corrected chi connectivity index (χ2v) is 8.23. The Hall–Kier alpha value is -2.63. The summed E-state index contributed by atoms with van der Waals surface area (Å²) in [6.45, 7) is 3.15. The van der Waals surface area contributed by atoms with Gasteiger partial charge in [-0.2, -0.15) is 0 Å². The quantitative estimate of drug-likeness (QED) is 0.888. The van der Waals surface area contributed by atoms with E-state index < -0.39 is 0 Å². The Balaban J connectivity index is 1.41. The number of carbonyl (C=O) groups is 2. The fourth-order valence-corrected chi connectivity index (χ4v) is 3.96. The zero-order valence-electron chi connectivity index (χ0n) is 16.1. The van der Waals surface area contributed by atoms with Crippen LogP contribution in [0.25, 0.3) is 10.9 Å². The molecule has 3 aliphatic rings. The van der Waals surface area contributed by atoms with Gasteiger partial charge < -0.3 is 15.1 Å². The lowest BCUT2D eigenvalue weighted by atomic mass is 10.1. The molecule has 2 heterocycles. The highest BCUT2D eigenvalue weighted by atomic mass is 16.2. The lowest BCUT2D eigenvalue weighted by Gasteiger charge is -2.24. The SMILES string of the molecule is O=C(NC1CC1)c1cc(N2CCCN(C(=O)C3CC3)CC2)nc2ccccc12. The molecule has 1 saturated heterocycles. The van der Waals surface area contributed by atoms with Crippen molar-refractivity contribution in [1.82, 2.24) is 15.2 Å². The first-order valence-electron chi connectivity index (χ1n) is 10.4. The minimum atomic E-state index is -0.0114. The Labute approximate surface area is 164 Å². The first-order valence-corrected chi connectivity index (χ1v) is 10.4. The number of hydrogen-bond donors (Lipinski definition) is 1. The van der Waals surface area contributed by atoms with E-state index in [1.807, 2.05) is 35.2 Å². The zero-order chi connectivity index (χ0) is 19.1. The first kappa shape index (κ1) is 17.5. The van der Waals surface area contributed by atoms with E-state index in [0.29, 0.717) is 17.5 Å². The van der Waals surface area contributed by atoms with Crippen LogP contribution >= 0.6 is 0 Å². The third kappa shape index (κ3) is 3.55. The molecule has 2 saturated carbocycles. The van der Waals surface area contributed by atoms with E-state index in [4.69, 9.17) is 4.98 Å². The summed E-state index contributed by atoms with van der Waals surface area (Å²) in [6, 6.07) is 10.1. The second-order valence-electron chi connectivity index (χ2n) is 8.23. The van der Waals surface area contributed by atoms with Crippen LogP contribution in [0.15, 0.2) is 30.3 Å². The fraction of sp³-hybridized carbons (Fsp3) is 0.500. The van der Waals surface area contributed by atoms with Gasteiger partial charge in [0.25, 0.3) is 5.91 Å². The third-order valence-electron chi connectivity index (χ3n) is 5.92. The van der Waals surface area contributed by atoms with E-state index in [9.17, 15) is 9.59 Å². The molecule has 5 rings (SSSR count). The maximum absolute atomic E-state index is 12.8. The van der Waals surface area contributed by atoms with Crippen molar-refractivity contribution in [2.24, 2.45) is 5.92 Å². The van der Waals surface area contributed by atoms with Gasteiger partial charge in [-0.3, -0.25) is 9.59 Å². The van der Waals surface area contributed by atoms with E-state index in [2.05, 4.69) is 10.2 Å². The fourth-order valence-electron chi connectivity index (χ4n) is 3.96. The van der Waals surface area contributed by atoms with E-state index in [1.54, 1.807) is 0 Å². The van der Waals surface area contributed by atoms with E-state index in [-0.39, 0.29) is 11.8 Å². The standard InChI is InChI=1S/C22H26N4O2/c27-21(23-16-8-9-16)18-14-20(24-19-5-2-1-4-17(18)19)25-10-3-11-26(13-12-25)22(28)15-6-7-15/h1-2,4-5,14-16H,3,6-13H2,(H,23,27). The number of pyridine rings is 1. The number of nitrogens with zero attached hydrogens (tertiary/aromatic N) is 3. The number of amides is 2. The predicted octanol–water partition coefficient (Wildman–Crippen LogP) is 2.58. The van der Waals surface area contributed by atoms with Gasteiger partial charge in [0.1, 0.15) is 5.82 Å². The molecule has 0 atom stereocenters. The van der Waals surface area contributed by atoms with Crippen molar-refractivity contribution in [1.29, 1.82) is 0 Å². The van der Waals surface area contributed by atoms with Crippen LogP contribution in [-0.2, 0) is 4.79 Å². The van der Waals surface area contributed by atoms with Crippen molar-refractivity contribution in [3.05, 3.63) is 35.9 Å². The smallest absolute Gasteiger partial charge is 0.252 e. The molecule has 2 amide bonds. The molecule has 2 aromatic rings. The molecule has 0 bridgehead atoms. The van der Waals surface area contributed by atoms with Crippen molar-refractivity contribution in [2.45, 2.75) is 38.1 Å². The summed E-state index contributed by atoms with van der Waals surface area (Å²) in [7, 11) is 0. The molecular formula is C22H26N4O2. The molecule has 3 fully saturated rings. The summed E-state index contributed by atoms with van der Waals surface area (Å²) in [6.07, 6.45) is 5.16. The summed E-state index contributed by atoms with van der Waals surface area (Å²) in [5, 5.41) is 4.00. The molecule has 0 spiro atoms. The average molecular weight is 378 g/mol. The van der Waals surface area contributed by atoms with E-state index in [0.717, 1.165) is 75.0 Å². The average Bonchev–Trinajstić information content (AvgIpc) is 3.59. The lowest BCUT2D eigenvalue weighted by molar-refractivity contribution is -0.132. The molecule has 28 heavy (non-hydrogen) atoms. The number of benzene rings is 1. The van der Waals surface area contributed by atoms with Gasteiger partial charge in [0.05, 0.1) is 11.1 Å². The maximum Gasteiger partial charge on any atom is 0.252 e. The molecule has 1 aliphatic heterocycles. The first-order chi connectivity index (χ1) is 13.7. The molecule has 146 valence electrons. The predicted molar refractivity (Wildman–Crippen MR) is 108 cm³/mol. The molecule has 2 aliphatic carbocycles. The molecule has 6 heteroatoms. The number of carbonyl (C=O) groups excluding carboxylic acids is 2. The summed E-state index contributed by atoms with van der Waals surface area (Å²) in [5.41, 5.74) is 1.54. The molecule has 1 aromatic heterocycles. The summed E-state index contributed by atoms with van der Waals surface area (Å²) >= 11 is 0. The van der Waals surface area contributed by atoms with Crippen LogP contribution in [-0.4, -0.2) is 53.9 Å². The molecule has 1 N–H and O–H groups in total. The number of rotatable bonds is 4. The molecule has 0 radical (unpaired) electrons. The number of para-hydroxylation sites is 1. The van der Waals surface area contributed by atoms with Gasteiger partial charge >= 0.3 is 0 Å². The van der Waals surface area contributed by atoms with Crippen LogP contribution in [0.4, 0.5) is 5.82 Å². The summed E-state index contributed by atoms with van der Waals surface area (Å²) < 4.78 is 0. The number of fused-ring (bicyclic) bond motifs is 1. The largest absolute Gasteiger partial charge is 0.355 e. The van der Waals surface area contributed by atoms with Gasteiger partial charge in [-0.1, -0.05) is 18.2 Å². The monoisotopic (exact) mass is 378 g/mol. The Morgan fingerprint density at radius 1 is 1.00 bits per heavy atom. The van der Waals surface area contributed by atoms with Crippen molar-refractivity contribution in [2.75, 3.05) is 31.1 Å². The molecule has 6 nitrogen and oxygen atoms in total. The van der Waals surface area contributed by atoms with Crippen LogP contribution < -0.4 is 10.2 Å². The van der Waals surface area contributed by atoms with Crippen LogP contribution in [0.3, 0.4) is 0 Å². The molecule has 0 unspecified atom stereocenters. The highest BCUT2D eigenvalue weighted by molar-refractivity contribution is 6.07. The van der Waals surface area contributed by atoms with Gasteiger partial charge in [-0.25, -0.2) is 4.98 Å². The van der Waals surface area contributed by atoms with Crippen LogP contribution in [0.5, 0.6) is 0 Å². The Morgan fingerprint density at radius 3 is 2.61 bits per heavy atom. The zero-order valence-corrected chi connectivity index (χ0v) is 16.1. The van der Waals surface area contributed by atoms with Gasteiger partial charge in [0.2, 0.25) is 5.91 Å². The van der Waals surface area contributed by atoms with Crippen molar-refractivity contribution < 1.29 is 9.59 Å². The summed E-state index contributed by atoms with van der Waals surface area (Å²) in [4.78, 5) is 34.3. The maximum atomic E-state index is 12.8. The van der Waals surface area contributed by atoms with Gasteiger partial charge in [-0.05, 0) is 44.2 Å². The van der Waals surface area contributed by atoms with Gasteiger partial charge in [0.15, 0.2) is 0 Å². The molecule has 1 aromatic carbocycles. The van der Waals surface area contributed by atoms with Crippen LogP contribution in [0.1, 0.15) is 42.5 Å². The highest BCUT2D eigenvalue weighted by Gasteiger charge is 2.34. The lowest BCUT2D eigenvalue weighted by Crippen LogP contribution is -2.36.